The Morgan fingerprint density at radius 3 is 2.43 bits per heavy atom. The molecular formula is C7H12Cl2N7O4P. The van der Waals surface area contributed by atoms with Crippen molar-refractivity contribution < 1.29 is 19.1 Å². The number of aromatic nitrogens is 2. The van der Waals surface area contributed by atoms with E-state index >= 15 is 0 Å². The van der Waals surface area contributed by atoms with Crippen molar-refractivity contribution >= 4 is 55.1 Å². The SMILES string of the molecule is Cl.NC(N)=NC(=O)c1nc(Cl)c(NCP(=O)(O)O)nc1N. The Bertz CT molecular complexity index is 615. The highest BCUT2D eigenvalue weighted by Crippen LogP contribution is 2.34. The van der Waals surface area contributed by atoms with Crippen LogP contribution in [-0.4, -0.2) is 37.9 Å². The van der Waals surface area contributed by atoms with Gasteiger partial charge in [0, 0.05) is 0 Å². The van der Waals surface area contributed by atoms with Crippen LogP contribution in [0, 0.1) is 0 Å². The number of nitrogen functional groups attached to an aromatic ring is 1. The van der Waals surface area contributed by atoms with Gasteiger partial charge in [-0.25, -0.2) is 9.97 Å². The Hall–Kier alpha value is -1.65. The van der Waals surface area contributed by atoms with E-state index < -0.39 is 25.7 Å². The first-order valence-electron chi connectivity index (χ1n) is 4.85. The number of nitrogens with one attached hydrogen (secondary N) is 1. The fourth-order valence-electron chi connectivity index (χ4n) is 1.05. The van der Waals surface area contributed by atoms with Gasteiger partial charge in [-0.3, -0.25) is 9.36 Å². The van der Waals surface area contributed by atoms with E-state index in [1.165, 1.54) is 0 Å². The molecule has 0 fully saturated rings. The Kier molecular flexibility index (Phi) is 6.80. The molecular weight excluding hydrogens is 348 g/mol. The number of aliphatic imine (C=N–C) groups is 1. The summed E-state index contributed by atoms with van der Waals surface area (Å²) in [4.78, 5) is 39.4. The summed E-state index contributed by atoms with van der Waals surface area (Å²) in [5.41, 5.74) is 15.1. The standard InChI is InChI=1S/C7H11ClN7O4P.ClH/c8-3-5(12-1-20(17,18)19)14-4(9)2(13-3)6(16)15-7(10)11;/h1H2,(H3,9,12,14)(H2,17,18,19)(H4,10,11,15,16);1H. The largest absolute Gasteiger partial charge is 0.382 e. The van der Waals surface area contributed by atoms with Crippen molar-refractivity contribution in [1.29, 1.82) is 0 Å². The van der Waals surface area contributed by atoms with Gasteiger partial charge < -0.3 is 32.3 Å². The van der Waals surface area contributed by atoms with Gasteiger partial charge in [0.15, 0.2) is 28.4 Å². The number of carbonyl (C=O) groups excluding carboxylic acids is 1. The second-order valence-electron chi connectivity index (χ2n) is 3.44. The van der Waals surface area contributed by atoms with Crippen molar-refractivity contribution in [3.8, 4) is 0 Å². The van der Waals surface area contributed by atoms with Crippen LogP contribution in [0.5, 0.6) is 0 Å². The molecule has 0 saturated carbocycles. The molecule has 0 aromatic carbocycles. The molecule has 0 radical (unpaired) electrons. The molecule has 0 atom stereocenters. The average molecular weight is 360 g/mol. The molecule has 9 N–H and O–H groups in total. The molecule has 0 bridgehead atoms. The number of nitrogens with two attached hydrogens (primary N) is 3. The maximum Gasteiger partial charge on any atom is 0.344 e. The molecule has 1 aromatic heterocycles. The van der Waals surface area contributed by atoms with Crippen LogP contribution < -0.4 is 22.5 Å². The lowest BCUT2D eigenvalue weighted by Crippen LogP contribution is -2.25. The molecule has 1 rings (SSSR count). The van der Waals surface area contributed by atoms with Crippen LogP contribution in [0.2, 0.25) is 5.15 Å². The number of guanidine groups is 1. The number of amides is 1. The highest BCUT2D eigenvalue weighted by Gasteiger charge is 2.19. The number of hydrogen-bond acceptors (Lipinski definition) is 6. The van der Waals surface area contributed by atoms with E-state index in [-0.39, 0.29) is 34.9 Å². The molecule has 0 aliphatic carbocycles. The van der Waals surface area contributed by atoms with E-state index in [1.807, 2.05) is 0 Å². The third-order valence-electron chi connectivity index (χ3n) is 1.77. The summed E-state index contributed by atoms with van der Waals surface area (Å²) in [6.07, 6.45) is -0.720. The molecule has 11 nitrogen and oxygen atoms in total. The number of carbonyl (C=O) groups is 1. The second-order valence-corrected chi connectivity index (χ2v) is 5.44. The third kappa shape index (κ3) is 6.10. The summed E-state index contributed by atoms with van der Waals surface area (Å²) < 4.78 is 10.7. The van der Waals surface area contributed by atoms with Crippen LogP contribution in [-0.2, 0) is 4.57 Å². The molecule has 0 spiro atoms. The Labute approximate surface area is 129 Å². The van der Waals surface area contributed by atoms with Gasteiger partial charge in [0.05, 0.1) is 0 Å². The van der Waals surface area contributed by atoms with Gasteiger partial charge in [-0.05, 0) is 0 Å². The minimum Gasteiger partial charge on any atom is -0.382 e. The molecule has 0 unspecified atom stereocenters. The molecule has 0 aliphatic heterocycles. The monoisotopic (exact) mass is 359 g/mol. The number of rotatable bonds is 4. The average Bonchev–Trinajstić information content (AvgIpc) is 2.27. The van der Waals surface area contributed by atoms with E-state index in [2.05, 4.69) is 20.3 Å². The van der Waals surface area contributed by atoms with Crippen molar-refractivity contribution in [3.63, 3.8) is 0 Å². The molecule has 1 aromatic rings. The highest BCUT2D eigenvalue weighted by atomic mass is 35.5. The van der Waals surface area contributed by atoms with Crippen molar-refractivity contribution in [2.75, 3.05) is 17.3 Å². The summed E-state index contributed by atoms with van der Waals surface area (Å²) in [5, 5.41) is 1.94. The topological polar surface area (TPSA) is 203 Å². The second kappa shape index (κ2) is 7.38. The van der Waals surface area contributed by atoms with E-state index in [4.69, 9.17) is 38.6 Å². The van der Waals surface area contributed by atoms with Crippen LogP contribution in [0.3, 0.4) is 0 Å². The number of hydrogen-bond donors (Lipinski definition) is 6. The van der Waals surface area contributed by atoms with Crippen LogP contribution in [0.15, 0.2) is 4.99 Å². The normalized spacial score (nSPS) is 10.4. The summed E-state index contributed by atoms with van der Waals surface area (Å²) in [6.45, 7) is 0. The maximum absolute atomic E-state index is 11.5. The van der Waals surface area contributed by atoms with Crippen molar-refractivity contribution in [2.24, 2.45) is 16.5 Å². The van der Waals surface area contributed by atoms with E-state index in [1.54, 1.807) is 0 Å². The quantitative estimate of drug-likeness (QED) is 0.222. The fraction of sp³-hybridized carbons (Fsp3) is 0.143. The van der Waals surface area contributed by atoms with Crippen molar-refractivity contribution in [1.82, 2.24) is 9.97 Å². The van der Waals surface area contributed by atoms with Crippen molar-refractivity contribution in [2.45, 2.75) is 0 Å². The number of nitrogens with zero attached hydrogens (tertiary/aromatic N) is 3. The molecule has 118 valence electrons. The van der Waals surface area contributed by atoms with Gasteiger partial charge in [-0.15, -0.1) is 12.4 Å². The van der Waals surface area contributed by atoms with Crippen LogP contribution in [0.25, 0.3) is 0 Å². The minimum absolute atomic E-state index is 0. The van der Waals surface area contributed by atoms with E-state index in [9.17, 15) is 9.36 Å². The Balaban J connectivity index is 0.00000400. The molecule has 14 heteroatoms. The number of halogens is 2. The van der Waals surface area contributed by atoms with E-state index in [0.717, 1.165) is 0 Å². The zero-order valence-corrected chi connectivity index (χ0v) is 12.7. The van der Waals surface area contributed by atoms with Gasteiger partial charge in [0.1, 0.15) is 6.29 Å². The summed E-state index contributed by atoms with van der Waals surface area (Å²) in [7, 11) is -4.32. The zero-order valence-electron chi connectivity index (χ0n) is 10.2. The van der Waals surface area contributed by atoms with Crippen LogP contribution >= 0.6 is 31.6 Å². The predicted octanol–water partition coefficient (Wildman–Crippen LogP) is -0.905. The lowest BCUT2D eigenvalue weighted by Gasteiger charge is -2.09. The third-order valence-corrected chi connectivity index (χ3v) is 2.60. The van der Waals surface area contributed by atoms with Crippen LogP contribution in [0.1, 0.15) is 10.5 Å². The first-order chi connectivity index (χ1) is 9.10. The number of anilines is 2. The molecule has 1 amide bonds. The predicted molar refractivity (Wildman–Crippen MR) is 79.4 cm³/mol. The van der Waals surface area contributed by atoms with Gasteiger partial charge >= 0.3 is 13.5 Å². The maximum atomic E-state index is 11.5. The lowest BCUT2D eigenvalue weighted by atomic mass is 10.4. The van der Waals surface area contributed by atoms with Crippen molar-refractivity contribution in [3.05, 3.63) is 10.8 Å². The molecule has 21 heavy (non-hydrogen) atoms. The summed E-state index contributed by atoms with van der Waals surface area (Å²) in [6, 6.07) is 0. The summed E-state index contributed by atoms with van der Waals surface area (Å²) >= 11 is 5.70. The molecule has 0 saturated heterocycles. The van der Waals surface area contributed by atoms with Gasteiger partial charge in [0.25, 0.3) is 0 Å². The van der Waals surface area contributed by atoms with Gasteiger partial charge in [-0.1, -0.05) is 11.6 Å². The first-order valence-corrected chi connectivity index (χ1v) is 7.03. The zero-order chi connectivity index (χ0) is 15.5. The van der Waals surface area contributed by atoms with Crippen LogP contribution in [0.4, 0.5) is 11.6 Å². The Morgan fingerprint density at radius 2 is 1.95 bits per heavy atom. The highest BCUT2D eigenvalue weighted by molar-refractivity contribution is 7.51. The molecule has 1 heterocycles. The van der Waals surface area contributed by atoms with Gasteiger partial charge in [-0.2, -0.15) is 4.99 Å². The lowest BCUT2D eigenvalue weighted by molar-refractivity contribution is 0.0998. The smallest absolute Gasteiger partial charge is 0.344 e. The fourth-order valence-corrected chi connectivity index (χ4v) is 1.60. The van der Waals surface area contributed by atoms with Gasteiger partial charge in [0.2, 0.25) is 0 Å². The molecule has 0 aliphatic rings. The minimum atomic E-state index is -4.32. The first kappa shape index (κ1) is 19.4. The summed E-state index contributed by atoms with van der Waals surface area (Å²) in [5.74, 6) is -1.97. The Morgan fingerprint density at radius 1 is 1.38 bits per heavy atom. The van der Waals surface area contributed by atoms with E-state index in [0.29, 0.717) is 0 Å².